The zero-order valence-corrected chi connectivity index (χ0v) is 18.3. The maximum atomic E-state index is 12.6. The third-order valence-corrected chi connectivity index (χ3v) is 7.75. The summed E-state index contributed by atoms with van der Waals surface area (Å²) in [5.41, 5.74) is 2.79. The molecule has 2 amide bonds. The van der Waals surface area contributed by atoms with Crippen LogP contribution in [0.3, 0.4) is 0 Å². The normalized spacial score (nSPS) is 17.5. The van der Waals surface area contributed by atoms with Crippen molar-refractivity contribution in [2.45, 2.75) is 19.3 Å². The van der Waals surface area contributed by atoms with Gasteiger partial charge in [-0.05, 0) is 31.4 Å². The number of hydrogen-bond donors (Lipinski definition) is 3. The van der Waals surface area contributed by atoms with Crippen LogP contribution in [-0.4, -0.2) is 49.5 Å². The van der Waals surface area contributed by atoms with Gasteiger partial charge in [0.15, 0.2) is 5.82 Å². The SMILES string of the molecule is CNC(=O)c1cnc(NC(=O)C2CC2)c2[nH]c(-c3ccccc3N3CCCS3(=O)=O)cc12. The summed E-state index contributed by atoms with van der Waals surface area (Å²) in [5, 5.41) is 6.07. The summed E-state index contributed by atoms with van der Waals surface area (Å²) < 4.78 is 26.5. The number of benzene rings is 1. The zero-order chi connectivity index (χ0) is 22.5. The first kappa shape index (κ1) is 20.5. The van der Waals surface area contributed by atoms with E-state index >= 15 is 0 Å². The Morgan fingerprint density at radius 2 is 2.00 bits per heavy atom. The Balaban J connectivity index is 1.66. The molecule has 3 N–H and O–H groups in total. The number of para-hydroxylation sites is 1. The van der Waals surface area contributed by atoms with Crippen LogP contribution in [0.25, 0.3) is 22.2 Å². The Morgan fingerprint density at radius 1 is 1.22 bits per heavy atom. The average molecular weight is 454 g/mol. The second-order valence-electron chi connectivity index (χ2n) is 8.09. The summed E-state index contributed by atoms with van der Waals surface area (Å²) in [5.74, 6) is 0.0775. The molecule has 0 bridgehead atoms. The Bertz CT molecular complexity index is 1340. The number of nitrogens with one attached hydrogen (secondary N) is 3. The van der Waals surface area contributed by atoms with Gasteiger partial charge in [-0.3, -0.25) is 13.9 Å². The third-order valence-electron chi connectivity index (χ3n) is 5.89. The number of carbonyl (C=O) groups is 2. The lowest BCUT2D eigenvalue weighted by Crippen LogP contribution is -2.25. The van der Waals surface area contributed by atoms with Crippen LogP contribution < -0.4 is 14.9 Å². The molecule has 3 aromatic rings. The predicted molar refractivity (Wildman–Crippen MR) is 122 cm³/mol. The number of carbonyl (C=O) groups excluding carboxylic acids is 2. The summed E-state index contributed by atoms with van der Waals surface area (Å²) in [6.45, 7) is 0.424. The van der Waals surface area contributed by atoms with E-state index in [-0.39, 0.29) is 23.5 Å². The van der Waals surface area contributed by atoms with Crippen molar-refractivity contribution in [2.24, 2.45) is 5.92 Å². The van der Waals surface area contributed by atoms with Gasteiger partial charge >= 0.3 is 0 Å². The van der Waals surface area contributed by atoms with Gasteiger partial charge in [0.25, 0.3) is 5.91 Å². The van der Waals surface area contributed by atoms with E-state index in [1.54, 1.807) is 18.2 Å². The molecule has 1 aliphatic heterocycles. The zero-order valence-electron chi connectivity index (χ0n) is 17.5. The van der Waals surface area contributed by atoms with Crippen LogP contribution in [0.5, 0.6) is 0 Å². The number of fused-ring (bicyclic) bond motifs is 1. The molecular weight excluding hydrogens is 430 g/mol. The molecule has 0 atom stereocenters. The molecule has 10 heteroatoms. The maximum absolute atomic E-state index is 12.6. The highest BCUT2D eigenvalue weighted by molar-refractivity contribution is 7.93. The number of aromatic nitrogens is 2. The first-order valence-corrected chi connectivity index (χ1v) is 12.1. The van der Waals surface area contributed by atoms with E-state index in [9.17, 15) is 18.0 Å². The molecule has 1 aliphatic carbocycles. The van der Waals surface area contributed by atoms with Crippen molar-refractivity contribution in [3.05, 3.63) is 42.1 Å². The van der Waals surface area contributed by atoms with Crippen molar-refractivity contribution < 1.29 is 18.0 Å². The fourth-order valence-electron chi connectivity index (χ4n) is 4.07. The minimum Gasteiger partial charge on any atom is -0.355 e. The average Bonchev–Trinajstić information content (AvgIpc) is 3.45. The number of anilines is 2. The summed E-state index contributed by atoms with van der Waals surface area (Å²) in [4.78, 5) is 32.4. The Labute approximate surface area is 185 Å². The first-order chi connectivity index (χ1) is 15.4. The lowest BCUT2D eigenvalue weighted by molar-refractivity contribution is -0.117. The lowest BCUT2D eigenvalue weighted by atomic mass is 10.1. The fraction of sp³-hybridized carbons (Fsp3) is 0.318. The smallest absolute Gasteiger partial charge is 0.253 e. The van der Waals surface area contributed by atoms with Gasteiger partial charge in [0.05, 0.1) is 22.5 Å². The maximum Gasteiger partial charge on any atom is 0.253 e. The van der Waals surface area contributed by atoms with E-state index in [4.69, 9.17) is 0 Å². The molecule has 9 nitrogen and oxygen atoms in total. The van der Waals surface area contributed by atoms with E-state index in [1.807, 2.05) is 12.1 Å². The van der Waals surface area contributed by atoms with Gasteiger partial charge in [-0.2, -0.15) is 0 Å². The Morgan fingerprint density at radius 3 is 2.69 bits per heavy atom. The number of aromatic amines is 1. The molecular formula is C22H23N5O4S. The molecule has 32 heavy (non-hydrogen) atoms. The van der Waals surface area contributed by atoms with Gasteiger partial charge < -0.3 is 15.6 Å². The molecule has 0 spiro atoms. The molecule has 1 aromatic carbocycles. The van der Waals surface area contributed by atoms with Gasteiger partial charge in [0, 0.05) is 42.4 Å². The molecule has 0 unspecified atom stereocenters. The molecule has 1 saturated carbocycles. The third kappa shape index (κ3) is 3.50. The van der Waals surface area contributed by atoms with Gasteiger partial charge in [-0.25, -0.2) is 13.4 Å². The van der Waals surface area contributed by atoms with Crippen LogP contribution in [0.1, 0.15) is 29.6 Å². The van der Waals surface area contributed by atoms with Crippen LogP contribution in [0.15, 0.2) is 36.5 Å². The summed E-state index contributed by atoms with van der Waals surface area (Å²) in [6, 6.07) is 9.05. The number of H-pyrrole nitrogens is 1. The van der Waals surface area contributed by atoms with Crippen molar-refractivity contribution in [3.63, 3.8) is 0 Å². The minimum atomic E-state index is -3.37. The van der Waals surface area contributed by atoms with Crippen LogP contribution in [0.4, 0.5) is 11.5 Å². The number of nitrogens with zero attached hydrogens (tertiary/aromatic N) is 2. The number of rotatable bonds is 5. The monoisotopic (exact) mass is 453 g/mol. The standard InChI is InChI=1S/C22H23N5O4S/c1-23-22(29)16-12-24-20(26-21(28)13-7-8-13)19-15(16)11-17(25-19)14-5-2-3-6-18(14)27-9-4-10-32(27,30)31/h2-3,5-6,11-13,25H,4,7-10H2,1H3,(H,23,29)(H,24,26,28). The quantitative estimate of drug-likeness (QED) is 0.547. The van der Waals surface area contributed by atoms with Crippen molar-refractivity contribution in [2.75, 3.05) is 29.0 Å². The van der Waals surface area contributed by atoms with Gasteiger partial charge in [-0.1, -0.05) is 18.2 Å². The van der Waals surface area contributed by atoms with Crippen LogP contribution in [-0.2, 0) is 14.8 Å². The fourth-order valence-corrected chi connectivity index (χ4v) is 5.65. The lowest BCUT2D eigenvalue weighted by Gasteiger charge is -2.20. The molecule has 166 valence electrons. The molecule has 2 aromatic heterocycles. The number of pyridine rings is 1. The minimum absolute atomic E-state index is 0.000925. The van der Waals surface area contributed by atoms with Crippen molar-refractivity contribution in [3.8, 4) is 11.3 Å². The van der Waals surface area contributed by atoms with Gasteiger partial charge in [0.1, 0.15) is 0 Å². The van der Waals surface area contributed by atoms with E-state index in [1.165, 1.54) is 17.5 Å². The van der Waals surface area contributed by atoms with Crippen LogP contribution in [0, 0.1) is 5.92 Å². The van der Waals surface area contributed by atoms with E-state index in [2.05, 4.69) is 20.6 Å². The van der Waals surface area contributed by atoms with E-state index in [0.29, 0.717) is 52.2 Å². The Kier molecular flexibility index (Phi) is 4.89. The molecule has 2 aliphatic rings. The molecule has 1 saturated heterocycles. The molecule has 0 radical (unpaired) electrons. The molecule has 2 fully saturated rings. The first-order valence-electron chi connectivity index (χ1n) is 10.5. The summed E-state index contributed by atoms with van der Waals surface area (Å²) in [7, 11) is -1.83. The Hall–Kier alpha value is -3.40. The van der Waals surface area contributed by atoms with E-state index < -0.39 is 10.0 Å². The molecule has 5 rings (SSSR count). The van der Waals surface area contributed by atoms with Crippen LogP contribution >= 0.6 is 0 Å². The van der Waals surface area contributed by atoms with E-state index in [0.717, 1.165) is 12.8 Å². The molecule has 3 heterocycles. The largest absolute Gasteiger partial charge is 0.355 e. The predicted octanol–water partition coefficient (Wildman–Crippen LogP) is 2.48. The van der Waals surface area contributed by atoms with Crippen LogP contribution in [0.2, 0.25) is 0 Å². The second-order valence-corrected chi connectivity index (χ2v) is 10.1. The number of amides is 2. The van der Waals surface area contributed by atoms with Crippen molar-refractivity contribution in [1.29, 1.82) is 0 Å². The van der Waals surface area contributed by atoms with Gasteiger partial charge in [0.2, 0.25) is 15.9 Å². The second kappa shape index (κ2) is 7.63. The van der Waals surface area contributed by atoms with Gasteiger partial charge in [-0.15, -0.1) is 0 Å². The summed E-state index contributed by atoms with van der Waals surface area (Å²) in [6.07, 6.45) is 3.74. The van der Waals surface area contributed by atoms with Crippen molar-refractivity contribution in [1.82, 2.24) is 15.3 Å². The van der Waals surface area contributed by atoms with Crippen molar-refractivity contribution >= 4 is 44.2 Å². The summed E-state index contributed by atoms with van der Waals surface area (Å²) >= 11 is 0. The topological polar surface area (TPSA) is 124 Å². The number of hydrogen-bond acceptors (Lipinski definition) is 5. The highest BCUT2D eigenvalue weighted by atomic mass is 32.2. The highest BCUT2D eigenvalue weighted by Crippen LogP contribution is 2.38. The number of sulfonamides is 1. The highest BCUT2D eigenvalue weighted by Gasteiger charge is 2.32.